The van der Waals surface area contributed by atoms with Crippen LogP contribution in [0.3, 0.4) is 0 Å². The van der Waals surface area contributed by atoms with Crippen molar-refractivity contribution in [1.82, 2.24) is 5.32 Å². The summed E-state index contributed by atoms with van der Waals surface area (Å²) in [7, 11) is 0. The third kappa shape index (κ3) is 3.78. The molecule has 0 aromatic heterocycles. The van der Waals surface area contributed by atoms with Crippen LogP contribution < -0.4 is 11.1 Å². The van der Waals surface area contributed by atoms with Gasteiger partial charge in [0, 0.05) is 18.0 Å². The van der Waals surface area contributed by atoms with E-state index in [1.54, 1.807) is 6.07 Å². The van der Waals surface area contributed by atoms with Crippen LogP contribution in [-0.4, -0.2) is 32.3 Å². The summed E-state index contributed by atoms with van der Waals surface area (Å²) < 4.78 is 19.1. The van der Waals surface area contributed by atoms with E-state index < -0.39 is 18.2 Å². The summed E-state index contributed by atoms with van der Waals surface area (Å²) in [5.41, 5.74) is 6.27. The standard InChI is InChI=1S/C19H29FN2O2/c1-3-22-13-17-9-4-6-14(2)19(17,24-11-10-20)16-8-5-7-15(12-16)18(21)23/h5,7-8,12,14,17,22H,3-4,6,9-11,13H2,1-2H3,(H2,21,23). The van der Waals surface area contributed by atoms with Gasteiger partial charge < -0.3 is 15.8 Å². The highest BCUT2D eigenvalue weighted by Crippen LogP contribution is 2.48. The Morgan fingerprint density at radius 2 is 2.25 bits per heavy atom. The summed E-state index contributed by atoms with van der Waals surface area (Å²) in [4.78, 5) is 11.6. The van der Waals surface area contributed by atoms with Crippen LogP contribution in [0, 0.1) is 11.8 Å². The van der Waals surface area contributed by atoms with Gasteiger partial charge in [-0.05, 0) is 43.0 Å². The SMILES string of the molecule is CCNCC1CCCC(C)C1(OCCF)c1cccc(C(N)=O)c1. The number of halogens is 1. The van der Waals surface area contributed by atoms with Gasteiger partial charge in [0.05, 0.1) is 12.2 Å². The predicted molar refractivity (Wildman–Crippen MR) is 93.6 cm³/mol. The molecule has 1 fully saturated rings. The van der Waals surface area contributed by atoms with Gasteiger partial charge in [-0.1, -0.05) is 32.4 Å². The Balaban J connectivity index is 2.48. The van der Waals surface area contributed by atoms with E-state index in [0.717, 1.165) is 37.9 Å². The van der Waals surface area contributed by atoms with Gasteiger partial charge in [0.1, 0.15) is 6.67 Å². The molecule has 0 bridgehead atoms. The molecule has 134 valence electrons. The molecule has 0 saturated heterocycles. The van der Waals surface area contributed by atoms with Gasteiger partial charge in [-0.25, -0.2) is 4.39 Å². The van der Waals surface area contributed by atoms with E-state index in [1.165, 1.54) is 0 Å². The summed E-state index contributed by atoms with van der Waals surface area (Å²) in [6, 6.07) is 7.34. The van der Waals surface area contributed by atoms with Gasteiger partial charge in [0.25, 0.3) is 0 Å². The first-order chi connectivity index (χ1) is 11.6. The van der Waals surface area contributed by atoms with E-state index in [9.17, 15) is 9.18 Å². The number of nitrogens with one attached hydrogen (secondary N) is 1. The zero-order chi connectivity index (χ0) is 17.6. The van der Waals surface area contributed by atoms with Gasteiger partial charge in [-0.15, -0.1) is 0 Å². The number of rotatable bonds is 8. The summed E-state index contributed by atoms with van der Waals surface area (Å²) in [5, 5.41) is 3.41. The maximum atomic E-state index is 12.9. The smallest absolute Gasteiger partial charge is 0.248 e. The van der Waals surface area contributed by atoms with E-state index in [1.807, 2.05) is 18.2 Å². The molecule has 1 aliphatic rings. The number of alkyl halides is 1. The summed E-state index contributed by atoms with van der Waals surface area (Å²) in [6.45, 7) is 5.47. The molecule has 3 N–H and O–H groups in total. The molecular formula is C19H29FN2O2. The molecule has 3 unspecified atom stereocenters. The lowest BCUT2D eigenvalue weighted by Crippen LogP contribution is -2.50. The van der Waals surface area contributed by atoms with Gasteiger partial charge in [0.15, 0.2) is 0 Å². The lowest BCUT2D eigenvalue weighted by Gasteiger charge is -2.49. The zero-order valence-electron chi connectivity index (χ0n) is 14.7. The molecule has 24 heavy (non-hydrogen) atoms. The molecule has 3 atom stereocenters. The van der Waals surface area contributed by atoms with Gasteiger partial charge in [0.2, 0.25) is 5.91 Å². The minimum Gasteiger partial charge on any atom is -0.367 e. The highest BCUT2D eigenvalue weighted by Gasteiger charge is 2.48. The number of hydrogen-bond acceptors (Lipinski definition) is 3. The summed E-state index contributed by atoms with van der Waals surface area (Å²) in [5.74, 6) is 0.0182. The Bertz CT molecular complexity index is 552. The first kappa shape index (κ1) is 18.9. The van der Waals surface area contributed by atoms with Crippen molar-refractivity contribution in [1.29, 1.82) is 0 Å². The minimum absolute atomic E-state index is 0.0633. The van der Waals surface area contributed by atoms with Crippen molar-refractivity contribution < 1.29 is 13.9 Å². The van der Waals surface area contributed by atoms with Crippen LogP contribution in [0.2, 0.25) is 0 Å². The van der Waals surface area contributed by atoms with Crippen molar-refractivity contribution in [2.24, 2.45) is 17.6 Å². The molecule has 1 aromatic rings. The Kier molecular flexibility index (Phi) is 6.75. The Hall–Kier alpha value is -1.46. The van der Waals surface area contributed by atoms with Crippen LogP contribution >= 0.6 is 0 Å². The minimum atomic E-state index is -0.585. The van der Waals surface area contributed by atoms with Gasteiger partial charge >= 0.3 is 0 Å². The van der Waals surface area contributed by atoms with Crippen LogP contribution in [0.4, 0.5) is 4.39 Å². The number of amides is 1. The second-order valence-corrected chi connectivity index (χ2v) is 6.61. The molecular weight excluding hydrogens is 307 g/mol. The maximum Gasteiger partial charge on any atom is 0.248 e. The lowest BCUT2D eigenvalue weighted by molar-refractivity contribution is -0.149. The van der Waals surface area contributed by atoms with Crippen molar-refractivity contribution in [2.75, 3.05) is 26.4 Å². The van der Waals surface area contributed by atoms with Crippen molar-refractivity contribution >= 4 is 5.91 Å². The number of nitrogens with two attached hydrogens (primary N) is 1. The van der Waals surface area contributed by atoms with Crippen molar-refractivity contribution in [3.05, 3.63) is 35.4 Å². The predicted octanol–water partition coefficient (Wildman–Crippen LogP) is 3.01. The lowest BCUT2D eigenvalue weighted by atomic mass is 9.65. The van der Waals surface area contributed by atoms with Crippen LogP contribution in [0.25, 0.3) is 0 Å². The quantitative estimate of drug-likeness (QED) is 0.767. The Morgan fingerprint density at radius 1 is 1.46 bits per heavy atom. The van der Waals surface area contributed by atoms with Crippen LogP contribution in [0.5, 0.6) is 0 Å². The topological polar surface area (TPSA) is 64.3 Å². The van der Waals surface area contributed by atoms with E-state index in [0.29, 0.717) is 5.56 Å². The van der Waals surface area contributed by atoms with E-state index in [-0.39, 0.29) is 18.4 Å². The molecule has 1 aliphatic carbocycles. The van der Waals surface area contributed by atoms with E-state index in [4.69, 9.17) is 10.5 Å². The molecule has 0 aliphatic heterocycles. The third-order valence-corrected chi connectivity index (χ3v) is 5.19. The maximum absolute atomic E-state index is 12.9. The monoisotopic (exact) mass is 336 g/mol. The van der Waals surface area contributed by atoms with Gasteiger partial charge in [-0.2, -0.15) is 0 Å². The highest BCUT2D eigenvalue weighted by molar-refractivity contribution is 5.92. The first-order valence-corrected chi connectivity index (χ1v) is 8.87. The molecule has 4 nitrogen and oxygen atoms in total. The van der Waals surface area contributed by atoms with Crippen molar-refractivity contribution in [3.63, 3.8) is 0 Å². The normalized spacial score (nSPS) is 27.1. The fourth-order valence-electron chi connectivity index (χ4n) is 4.06. The average molecular weight is 336 g/mol. The zero-order valence-corrected chi connectivity index (χ0v) is 14.7. The first-order valence-electron chi connectivity index (χ1n) is 8.87. The average Bonchev–Trinajstić information content (AvgIpc) is 2.59. The second kappa shape index (κ2) is 8.58. The number of carbonyl (C=O) groups is 1. The number of carbonyl (C=O) groups excluding carboxylic acids is 1. The van der Waals surface area contributed by atoms with Crippen molar-refractivity contribution in [2.45, 2.75) is 38.7 Å². The fraction of sp³-hybridized carbons (Fsp3) is 0.632. The number of primary amides is 1. The highest BCUT2D eigenvalue weighted by atomic mass is 19.1. The molecule has 2 rings (SSSR count). The molecule has 1 amide bonds. The van der Waals surface area contributed by atoms with Crippen LogP contribution in [0.1, 0.15) is 49.0 Å². The fourth-order valence-corrected chi connectivity index (χ4v) is 4.06. The van der Waals surface area contributed by atoms with Crippen LogP contribution in [0.15, 0.2) is 24.3 Å². The Labute approximate surface area is 144 Å². The molecule has 1 saturated carbocycles. The molecule has 5 heteroatoms. The second-order valence-electron chi connectivity index (χ2n) is 6.61. The number of benzene rings is 1. The molecule has 1 aromatic carbocycles. The van der Waals surface area contributed by atoms with Gasteiger partial charge in [-0.3, -0.25) is 4.79 Å². The van der Waals surface area contributed by atoms with E-state index in [2.05, 4.69) is 19.2 Å². The van der Waals surface area contributed by atoms with Crippen molar-refractivity contribution in [3.8, 4) is 0 Å². The molecule has 0 radical (unpaired) electrons. The number of hydrogen-bond donors (Lipinski definition) is 2. The Morgan fingerprint density at radius 3 is 2.92 bits per heavy atom. The number of ether oxygens (including phenoxy) is 1. The van der Waals surface area contributed by atoms with E-state index >= 15 is 0 Å². The summed E-state index contributed by atoms with van der Waals surface area (Å²) in [6.07, 6.45) is 3.17. The van der Waals surface area contributed by atoms with Crippen LogP contribution in [-0.2, 0) is 10.3 Å². The third-order valence-electron chi connectivity index (χ3n) is 5.19. The largest absolute Gasteiger partial charge is 0.367 e. The summed E-state index contributed by atoms with van der Waals surface area (Å²) >= 11 is 0. The molecule has 0 spiro atoms. The molecule has 0 heterocycles.